The molecule has 0 bridgehead atoms. The van der Waals surface area contributed by atoms with Crippen molar-refractivity contribution in [2.75, 3.05) is 25.6 Å². The normalized spacial score (nSPS) is 10.5. The number of thiazole rings is 1. The summed E-state index contributed by atoms with van der Waals surface area (Å²) in [6.07, 6.45) is 0.0567. The first-order chi connectivity index (χ1) is 13.5. The lowest BCUT2D eigenvalue weighted by molar-refractivity contribution is -0.147. The number of nitrogens with one attached hydrogen (secondary N) is 1. The molecule has 1 aromatic carbocycles. The first-order valence-electron chi connectivity index (χ1n) is 8.68. The number of hydrogen-bond donors (Lipinski definition) is 1. The standard InChI is InChI=1S/C20H21N3O3S2/c1-23(2)16-7-5-14(6-8-16)11-21-18(24)12-26-19(25)10-15-13-28-20(22-15)17-4-3-9-27-17/h3-9,13H,10-12H2,1-2H3,(H,21,24). The lowest BCUT2D eigenvalue weighted by Crippen LogP contribution is -2.28. The van der Waals surface area contributed by atoms with E-state index >= 15 is 0 Å². The van der Waals surface area contributed by atoms with Crippen molar-refractivity contribution in [3.8, 4) is 9.88 Å². The van der Waals surface area contributed by atoms with Crippen LogP contribution in [0.25, 0.3) is 9.88 Å². The van der Waals surface area contributed by atoms with Crippen LogP contribution in [0.3, 0.4) is 0 Å². The van der Waals surface area contributed by atoms with Gasteiger partial charge in [0.2, 0.25) is 0 Å². The minimum absolute atomic E-state index is 0.0567. The number of rotatable bonds is 8. The fraction of sp³-hybridized carbons (Fsp3) is 0.250. The Labute approximate surface area is 171 Å². The van der Waals surface area contributed by atoms with Crippen LogP contribution in [0.2, 0.25) is 0 Å². The molecular weight excluding hydrogens is 394 g/mol. The molecule has 3 rings (SSSR count). The topological polar surface area (TPSA) is 71.5 Å². The molecule has 0 aliphatic carbocycles. The van der Waals surface area contributed by atoms with Crippen LogP contribution in [-0.2, 0) is 27.3 Å². The van der Waals surface area contributed by atoms with Crippen LogP contribution < -0.4 is 10.2 Å². The second-order valence-corrected chi connectivity index (χ2v) is 8.10. The zero-order valence-corrected chi connectivity index (χ0v) is 17.3. The van der Waals surface area contributed by atoms with Crippen molar-refractivity contribution >= 4 is 40.2 Å². The number of carbonyl (C=O) groups is 2. The van der Waals surface area contributed by atoms with Crippen molar-refractivity contribution in [3.05, 3.63) is 58.4 Å². The summed E-state index contributed by atoms with van der Waals surface area (Å²) in [5.74, 6) is -0.795. The Hall–Kier alpha value is -2.71. The average molecular weight is 416 g/mol. The van der Waals surface area contributed by atoms with Gasteiger partial charge in [-0.1, -0.05) is 18.2 Å². The molecule has 2 aromatic heterocycles. The number of amides is 1. The molecule has 2 heterocycles. The van der Waals surface area contributed by atoms with Gasteiger partial charge in [-0.15, -0.1) is 22.7 Å². The molecule has 146 valence electrons. The summed E-state index contributed by atoms with van der Waals surface area (Å²) in [5.41, 5.74) is 2.72. The van der Waals surface area contributed by atoms with Gasteiger partial charge < -0.3 is 15.0 Å². The molecule has 0 saturated heterocycles. The smallest absolute Gasteiger partial charge is 0.312 e. The van der Waals surface area contributed by atoms with Gasteiger partial charge in [-0.25, -0.2) is 4.98 Å². The van der Waals surface area contributed by atoms with E-state index in [-0.39, 0.29) is 18.9 Å². The van der Waals surface area contributed by atoms with Crippen LogP contribution in [0, 0.1) is 0 Å². The molecule has 6 nitrogen and oxygen atoms in total. The molecule has 0 spiro atoms. The molecule has 0 saturated carbocycles. The number of benzene rings is 1. The maximum atomic E-state index is 11.9. The molecule has 28 heavy (non-hydrogen) atoms. The first kappa shape index (κ1) is 20.0. The predicted molar refractivity (Wildman–Crippen MR) is 113 cm³/mol. The average Bonchev–Trinajstić information content (AvgIpc) is 3.36. The lowest BCUT2D eigenvalue weighted by atomic mass is 10.2. The third-order valence-electron chi connectivity index (χ3n) is 3.92. The van der Waals surface area contributed by atoms with Crippen molar-refractivity contribution in [2.45, 2.75) is 13.0 Å². The Morgan fingerprint density at radius 3 is 2.61 bits per heavy atom. The highest BCUT2D eigenvalue weighted by Gasteiger charge is 2.12. The number of nitrogens with zero attached hydrogens (tertiary/aromatic N) is 2. The number of thiophene rings is 1. The van der Waals surface area contributed by atoms with Gasteiger partial charge in [0, 0.05) is 31.7 Å². The first-order valence-corrected chi connectivity index (χ1v) is 10.4. The molecule has 8 heteroatoms. The number of esters is 1. The van der Waals surface area contributed by atoms with Crippen molar-refractivity contribution in [2.24, 2.45) is 0 Å². The Bertz CT molecular complexity index is 919. The molecule has 0 aliphatic heterocycles. The quantitative estimate of drug-likeness (QED) is 0.572. The van der Waals surface area contributed by atoms with Gasteiger partial charge in [0.05, 0.1) is 17.0 Å². The van der Waals surface area contributed by atoms with E-state index in [1.165, 1.54) is 11.3 Å². The van der Waals surface area contributed by atoms with Crippen LogP contribution in [0.1, 0.15) is 11.3 Å². The van der Waals surface area contributed by atoms with E-state index < -0.39 is 5.97 Å². The highest BCUT2D eigenvalue weighted by atomic mass is 32.1. The van der Waals surface area contributed by atoms with E-state index in [2.05, 4.69) is 10.3 Å². The SMILES string of the molecule is CN(C)c1ccc(CNC(=O)COC(=O)Cc2csc(-c3cccs3)n2)cc1. The summed E-state index contributed by atoms with van der Waals surface area (Å²) in [5, 5.41) is 7.46. The highest BCUT2D eigenvalue weighted by Crippen LogP contribution is 2.27. The van der Waals surface area contributed by atoms with Crippen molar-refractivity contribution in [3.63, 3.8) is 0 Å². The molecule has 1 N–H and O–H groups in total. The van der Waals surface area contributed by atoms with Crippen LogP contribution >= 0.6 is 22.7 Å². The molecule has 0 atom stereocenters. The Balaban J connectivity index is 1.40. The van der Waals surface area contributed by atoms with E-state index in [1.54, 1.807) is 11.3 Å². The number of carbonyl (C=O) groups excluding carboxylic acids is 2. The number of hydrogen-bond acceptors (Lipinski definition) is 7. The Morgan fingerprint density at radius 1 is 1.14 bits per heavy atom. The minimum Gasteiger partial charge on any atom is -0.455 e. The molecule has 0 unspecified atom stereocenters. The second-order valence-electron chi connectivity index (χ2n) is 6.30. The van der Waals surface area contributed by atoms with Crippen LogP contribution in [0.15, 0.2) is 47.2 Å². The Kier molecular flexibility index (Phi) is 6.78. The highest BCUT2D eigenvalue weighted by molar-refractivity contribution is 7.20. The monoisotopic (exact) mass is 415 g/mol. The number of aromatic nitrogens is 1. The van der Waals surface area contributed by atoms with E-state index in [0.717, 1.165) is 21.1 Å². The number of anilines is 1. The van der Waals surface area contributed by atoms with Gasteiger partial charge >= 0.3 is 5.97 Å². The van der Waals surface area contributed by atoms with Crippen LogP contribution in [-0.4, -0.2) is 37.6 Å². The van der Waals surface area contributed by atoms with Gasteiger partial charge in [-0.05, 0) is 29.1 Å². The van der Waals surface area contributed by atoms with E-state index in [9.17, 15) is 9.59 Å². The van der Waals surface area contributed by atoms with Gasteiger partial charge in [-0.2, -0.15) is 0 Å². The number of ether oxygens (including phenoxy) is 1. The molecule has 0 aliphatic rings. The van der Waals surface area contributed by atoms with Crippen molar-refractivity contribution in [1.29, 1.82) is 0 Å². The predicted octanol–water partition coefficient (Wildman–Crippen LogP) is 3.34. The summed E-state index contributed by atoms with van der Waals surface area (Å²) in [7, 11) is 3.94. The summed E-state index contributed by atoms with van der Waals surface area (Å²) >= 11 is 3.10. The van der Waals surface area contributed by atoms with Crippen molar-refractivity contribution in [1.82, 2.24) is 10.3 Å². The largest absolute Gasteiger partial charge is 0.455 e. The van der Waals surface area contributed by atoms with Crippen LogP contribution in [0.5, 0.6) is 0 Å². The second kappa shape index (κ2) is 9.48. The zero-order valence-electron chi connectivity index (χ0n) is 15.7. The van der Waals surface area contributed by atoms with Crippen molar-refractivity contribution < 1.29 is 14.3 Å². The third-order valence-corrected chi connectivity index (χ3v) is 5.85. The summed E-state index contributed by atoms with van der Waals surface area (Å²) in [6.45, 7) is 0.0941. The molecule has 3 aromatic rings. The minimum atomic E-state index is -0.464. The van der Waals surface area contributed by atoms with E-state index in [4.69, 9.17) is 4.74 Å². The van der Waals surface area contributed by atoms with Crippen LogP contribution in [0.4, 0.5) is 5.69 Å². The summed E-state index contributed by atoms with van der Waals surface area (Å²) in [4.78, 5) is 31.4. The van der Waals surface area contributed by atoms with E-state index in [0.29, 0.717) is 12.2 Å². The van der Waals surface area contributed by atoms with Gasteiger partial charge in [-0.3, -0.25) is 9.59 Å². The van der Waals surface area contributed by atoms with E-state index in [1.807, 2.05) is 66.2 Å². The maximum absolute atomic E-state index is 11.9. The third kappa shape index (κ3) is 5.64. The van der Waals surface area contributed by atoms with Gasteiger partial charge in [0.15, 0.2) is 6.61 Å². The summed E-state index contributed by atoms with van der Waals surface area (Å²) < 4.78 is 5.06. The molecule has 1 amide bonds. The molecule has 0 radical (unpaired) electrons. The fourth-order valence-corrected chi connectivity index (χ4v) is 4.04. The maximum Gasteiger partial charge on any atom is 0.312 e. The van der Waals surface area contributed by atoms with Gasteiger partial charge in [0.25, 0.3) is 5.91 Å². The van der Waals surface area contributed by atoms with Gasteiger partial charge in [0.1, 0.15) is 5.01 Å². The fourth-order valence-electron chi connectivity index (χ4n) is 2.41. The molecule has 0 fully saturated rings. The zero-order chi connectivity index (χ0) is 19.9. The molecular formula is C20H21N3O3S2. The summed E-state index contributed by atoms with van der Waals surface area (Å²) in [6, 6.07) is 11.8. The lowest BCUT2D eigenvalue weighted by Gasteiger charge is -2.13. The Morgan fingerprint density at radius 2 is 1.93 bits per heavy atom.